The zero-order valence-corrected chi connectivity index (χ0v) is 12.9. The fourth-order valence-corrected chi connectivity index (χ4v) is 2.98. The Morgan fingerprint density at radius 3 is 3.00 bits per heavy atom. The molecule has 0 bridgehead atoms. The van der Waals surface area contributed by atoms with Crippen molar-refractivity contribution in [2.24, 2.45) is 0 Å². The number of ether oxygens (including phenoxy) is 1. The van der Waals surface area contributed by atoms with Crippen molar-refractivity contribution in [3.05, 3.63) is 65.3 Å². The highest BCUT2D eigenvalue weighted by atomic mass is 35.5. The zero-order valence-electron chi connectivity index (χ0n) is 12.1. The number of para-hydroxylation sites is 1. The van der Waals surface area contributed by atoms with Gasteiger partial charge in [-0.3, -0.25) is 9.78 Å². The van der Waals surface area contributed by atoms with Gasteiger partial charge in [0.2, 0.25) is 0 Å². The van der Waals surface area contributed by atoms with Gasteiger partial charge in [0.15, 0.2) is 6.10 Å². The molecule has 4 rings (SSSR count). The molecule has 0 aliphatic carbocycles. The number of pyridine rings is 1. The summed E-state index contributed by atoms with van der Waals surface area (Å²) in [5.74, 6) is 0.529. The van der Waals surface area contributed by atoms with Gasteiger partial charge in [0.25, 0.3) is 5.91 Å². The van der Waals surface area contributed by atoms with Gasteiger partial charge < -0.3 is 10.1 Å². The number of amides is 1. The lowest BCUT2D eigenvalue weighted by molar-refractivity contribution is -0.122. The van der Waals surface area contributed by atoms with Crippen molar-refractivity contribution in [3.63, 3.8) is 0 Å². The highest BCUT2D eigenvalue weighted by Crippen LogP contribution is 2.31. The molecule has 0 saturated heterocycles. The molecule has 2 heterocycles. The predicted octanol–water partition coefficient (Wildman–Crippen LogP) is 3.83. The normalized spacial score (nSPS) is 16.0. The van der Waals surface area contributed by atoms with E-state index in [1.807, 2.05) is 36.4 Å². The number of nitrogens with one attached hydrogen (secondary N) is 1. The third-order valence-corrected chi connectivity index (χ3v) is 4.12. The Morgan fingerprint density at radius 2 is 2.09 bits per heavy atom. The van der Waals surface area contributed by atoms with E-state index in [0.29, 0.717) is 22.9 Å². The lowest BCUT2D eigenvalue weighted by Gasteiger charge is -2.12. The van der Waals surface area contributed by atoms with Crippen molar-refractivity contribution in [3.8, 4) is 5.75 Å². The highest BCUT2D eigenvalue weighted by molar-refractivity contribution is 6.30. The van der Waals surface area contributed by atoms with Crippen LogP contribution in [0.15, 0.2) is 54.7 Å². The van der Waals surface area contributed by atoms with Gasteiger partial charge in [-0.2, -0.15) is 0 Å². The van der Waals surface area contributed by atoms with Gasteiger partial charge in [0, 0.05) is 23.0 Å². The standard InChI is InChI=1S/C18H13ClN2O2/c19-13-6-7-15-12(9-13)10-16(23-15)18(22)21-14-5-1-3-11-4-2-8-20-17(11)14/h1-9,16H,10H2,(H,21,22). The fraction of sp³-hybridized carbons (Fsp3) is 0.111. The predicted molar refractivity (Wildman–Crippen MR) is 89.9 cm³/mol. The first-order valence-electron chi connectivity index (χ1n) is 7.30. The van der Waals surface area contributed by atoms with Crippen molar-refractivity contribution in [2.45, 2.75) is 12.5 Å². The van der Waals surface area contributed by atoms with Gasteiger partial charge in [-0.15, -0.1) is 0 Å². The number of hydrogen-bond donors (Lipinski definition) is 1. The quantitative estimate of drug-likeness (QED) is 0.779. The van der Waals surface area contributed by atoms with Crippen LogP contribution in [0.25, 0.3) is 10.9 Å². The lowest BCUT2D eigenvalue weighted by Crippen LogP contribution is -2.31. The van der Waals surface area contributed by atoms with E-state index in [0.717, 1.165) is 16.5 Å². The van der Waals surface area contributed by atoms with Crippen LogP contribution in [-0.4, -0.2) is 17.0 Å². The Kier molecular flexibility index (Phi) is 3.39. The van der Waals surface area contributed by atoms with Crippen molar-refractivity contribution >= 4 is 34.1 Å². The molecule has 1 amide bonds. The number of fused-ring (bicyclic) bond motifs is 2. The molecule has 1 aliphatic rings. The second kappa shape index (κ2) is 5.56. The molecule has 4 nitrogen and oxygen atoms in total. The second-order valence-electron chi connectivity index (χ2n) is 5.43. The molecule has 0 spiro atoms. The first-order chi connectivity index (χ1) is 11.2. The van der Waals surface area contributed by atoms with Gasteiger partial charge in [-0.05, 0) is 35.9 Å². The number of rotatable bonds is 2. The minimum atomic E-state index is -0.553. The summed E-state index contributed by atoms with van der Waals surface area (Å²) in [5, 5.41) is 4.54. The molecule has 1 atom stereocenters. The van der Waals surface area contributed by atoms with Crippen LogP contribution >= 0.6 is 11.6 Å². The number of benzene rings is 2. The largest absolute Gasteiger partial charge is 0.480 e. The number of aromatic nitrogens is 1. The van der Waals surface area contributed by atoms with E-state index in [-0.39, 0.29) is 5.91 Å². The van der Waals surface area contributed by atoms with E-state index in [1.165, 1.54) is 0 Å². The summed E-state index contributed by atoms with van der Waals surface area (Å²) in [7, 11) is 0. The van der Waals surface area contributed by atoms with Crippen LogP contribution < -0.4 is 10.1 Å². The van der Waals surface area contributed by atoms with Gasteiger partial charge in [0.1, 0.15) is 5.75 Å². The van der Waals surface area contributed by atoms with E-state index in [4.69, 9.17) is 16.3 Å². The first-order valence-corrected chi connectivity index (χ1v) is 7.68. The van der Waals surface area contributed by atoms with Gasteiger partial charge in [-0.25, -0.2) is 0 Å². The van der Waals surface area contributed by atoms with E-state index in [1.54, 1.807) is 18.3 Å². The third-order valence-electron chi connectivity index (χ3n) is 3.88. The first kappa shape index (κ1) is 14.0. The highest BCUT2D eigenvalue weighted by Gasteiger charge is 2.29. The number of anilines is 1. The molecule has 1 N–H and O–H groups in total. The SMILES string of the molecule is O=C(Nc1cccc2cccnc12)C1Cc2cc(Cl)ccc2O1. The Morgan fingerprint density at radius 1 is 1.22 bits per heavy atom. The monoisotopic (exact) mass is 324 g/mol. The Hall–Kier alpha value is -2.59. The van der Waals surface area contributed by atoms with E-state index >= 15 is 0 Å². The molecule has 1 aromatic heterocycles. The van der Waals surface area contributed by atoms with Gasteiger partial charge >= 0.3 is 0 Å². The molecule has 23 heavy (non-hydrogen) atoms. The van der Waals surface area contributed by atoms with Gasteiger partial charge in [0.05, 0.1) is 11.2 Å². The summed E-state index contributed by atoms with van der Waals surface area (Å²) in [5.41, 5.74) is 2.40. The number of hydrogen-bond acceptors (Lipinski definition) is 3. The molecular weight excluding hydrogens is 312 g/mol. The number of carbonyl (C=O) groups excluding carboxylic acids is 1. The van der Waals surface area contributed by atoms with Crippen LogP contribution in [0.1, 0.15) is 5.56 Å². The Balaban J connectivity index is 1.57. The minimum absolute atomic E-state index is 0.185. The lowest BCUT2D eigenvalue weighted by atomic mass is 10.1. The molecule has 1 unspecified atom stereocenters. The van der Waals surface area contributed by atoms with Gasteiger partial charge in [-0.1, -0.05) is 29.8 Å². The summed E-state index contributed by atoms with van der Waals surface area (Å²) >= 11 is 5.98. The zero-order chi connectivity index (χ0) is 15.8. The molecule has 0 fully saturated rings. The van der Waals surface area contributed by atoms with E-state index in [9.17, 15) is 4.79 Å². The fourth-order valence-electron chi connectivity index (χ4n) is 2.78. The Bertz CT molecular complexity index is 905. The van der Waals surface area contributed by atoms with Crippen LogP contribution in [0.5, 0.6) is 5.75 Å². The van der Waals surface area contributed by atoms with Crippen LogP contribution in [0.3, 0.4) is 0 Å². The number of nitrogens with zero attached hydrogens (tertiary/aromatic N) is 1. The molecular formula is C18H13ClN2O2. The van der Waals surface area contributed by atoms with Crippen LogP contribution in [-0.2, 0) is 11.2 Å². The summed E-state index contributed by atoms with van der Waals surface area (Å²) < 4.78 is 5.72. The molecule has 0 saturated carbocycles. The van der Waals surface area contributed by atoms with E-state index in [2.05, 4.69) is 10.3 Å². The average molecular weight is 325 g/mol. The molecule has 0 radical (unpaired) electrons. The minimum Gasteiger partial charge on any atom is -0.480 e. The third kappa shape index (κ3) is 2.62. The molecule has 3 aromatic rings. The van der Waals surface area contributed by atoms with Crippen molar-refractivity contribution < 1.29 is 9.53 Å². The summed E-state index contributed by atoms with van der Waals surface area (Å²) in [6.07, 6.45) is 1.67. The number of carbonyl (C=O) groups is 1. The topological polar surface area (TPSA) is 51.2 Å². The van der Waals surface area contributed by atoms with Crippen LogP contribution in [0, 0.1) is 0 Å². The summed E-state index contributed by atoms with van der Waals surface area (Å²) in [6.45, 7) is 0. The summed E-state index contributed by atoms with van der Waals surface area (Å²) in [6, 6.07) is 14.9. The molecule has 1 aliphatic heterocycles. The van der Waals surface area contributed by atoms with Crippen LogP contribution in [0.2, 0.25) is 5.02 Å². The van der Waals surface area contributed by atoms with Crippen molar-refractivity contribution in [1.29, 1.82) is 0 Å². The smallest absolute Gasteiger partial charge is 0.265 e. The van der Waals surface area contributed by atoms with Crippen LogP contribution in [0.4, 0.5) is 5.69 Å². The maximum atomic E-state index is 12.5. The molecule has 114 valence electrons. The molecule has 5 heteroatoms. The average Bonchev–Trinajstić information content (AvgIpc) is 2.98. The maximum Gasteiger partial charge on any atom is 0.265 e. The van der Waals surface area contributed by atoms with Crippen molar-refractivity contribution in [2.75, 3.05) is 5.32 Å². The number of halogens is 1. The summed E-state index contributed by atoms with van der Waals surface area (Å²) in [4.78, 5) is 16.9. The maximum absolute atomic E-state index is 12.5. The Labute approximate surface area is 138 Å². The molecule has 2 aromatic carbocycles. The van der Waals surface area contributed by atoms with E-state index < -0.39 is 6.10 Å². The van der Waals surface area contributed by atoms with Crippen molar-refractivity contribution in [1.82, 2.24) is 4.98 Å². The second-order valence-corrected chi connectivity index (χ2v) is 5.87.